The summed E-state index contributed by atoms with van der Waals surface area (Å²) in [6.07, 6.45) is 1.28. The van der Waals surface area contributed by atoms with E-state index in [1.165, 1.54) is 6.42 Å². The van der Waals surface area contributed by atoms with Crippen LogP contribution in [0.4, 0.5) is 0 Å². The molecule has 1 aliphatic heterocycles. The van der Waals surface area contributed by atoms with E-state index in [2.05, 4.69) is 9.88 Å². The number of likely N-dealkylation sites (tertiary alicyclic amines) is 1. The van der Waals surface area contributed by atoms with Crippen molar-refractivity contribution in [1.29, 1.82) is 0 Å². The van der Waals surface area contributed by atoms with Crippen LogP contribution < -0.4 is 0 Å². The molecular weight excluding hydrogens is 176 g/mol. The molecule has 0 aliphatic carbocycles. The largest absolute Gasteiger partial charge is 0.297 e. The molecule has 2 heterocycles. The van der Waals surface area contributed by atoms with E-state index in [0.717, 1.165) is 25.3 Å². The zero-order chi connectivity index (χ0) is 9.97. The Labute approximate surface area is 83.8 Å². The predicted octanol–water partition coefficient (Wildman–Crippen LogP) is 1.49. The molecule has 0 aromatic carbocycles. The standard InChI is InChI=1S/C11H14N2O/c1-9(14)11-5-2-4-10(12-11)8-13-6-3-7-13/h2,4-5H,3,6-8H2,1H3. The first-order valence-corrected chi connectivity index (χ1v) is 4.95. The fourth-order valence-electron chi connectivity index (χ4n) is 1.53. The van der Waals surface area contributed by atoms with Gasteiger partial charge >= 0.3 is 0 Å². The summed E-state index contributed by atoms with van der Waals surface area (Å²) in [5.41, 5.74) is 1.57. The van der Waals surface area contributed by atoms with Crippen molar-refractivity contribution in [2.24, 2.45) is 0 Å². The van der Waals surface area contributed by atoms with Gasteiger partial charge in [0.05, 0.1) is 5.69 Å². The quantitative estimate of drug-likeness (QED) is 0.677. The number of nitrogens with zero attached hydrogens (tertiary/aromatic N) is 2. The highest BCUT2D eigenvalue weighted by molar-refractivity contribution is 5.92. The lowest BCUT2D eigenvalue weighted by atomic mass is 10.2. The second-order valence-electron chi connectivity index (χ2n) is 3.70. The molecule has 1 saturated heterocycles. The van der Waals surface area contributed by atoms with Gasteiger partial charge in [-0.15, -0.1) is 0 Å². The zero-order valence-electron chi connectivity index (χ0n) is 8.36. The minimum Gasteiger partial charge on any atom is -0.297 e. The van der Waals surface area contributed by atoms with E-state index < -0.39 is 0 Å². The van der Waals surface area contributed by atoms with E-state index in [1.807, 2.05) is 12.1 Å². The number of pyridine rings is 1. The van der Waals surface area contributed by atoms with E-state index in [9.17, 15) is 4.79 Å². The van der Waals surface area contributed by atoms with Crippen LogP contribution in [0.3, 0.4) is 0 Å². The number of rotatable bonds is 3. The lowest BCUT2D eigenvalue weighted by molar-refractivity contribution is 0.101. The van der Waals surface area contributed by atoms with E-state index in [1.54, 1.807) is 13.0 Å². The Hall–Kier alpha value is -1.22. The average Bonchev–Trinajstić information content (AvgIpc) is 2.12. The first-order chi connectivity index (χ1) is 6.75. The summed E-state index contributed by atoms with van der Waals surface area (Å²) in [5, 5.41) is 0. The molecule has 14 heavy (non-hydrogen) atoms. The highest BCUT2D eigenvalue weighted by Crippen LogP contribution is 2.11. The topological polar surface area (TPSA) is 33.2 Å². The van der Waals surface area contributed by atoms with Gasteiger partial charge in [-0.3, -0.25) is 9.69 Å². The molecule has 3 nitrogen and oxygen atoms in total. The minimum absolute atomic E-state index is 0.0375. The van der Waals surface area contributed by atoms with Crippen LogP contribution in [-0.4, -0.2) is 28.8 Å². The molecule has 1 aromatic heterocycles. The summed E-state index contributed by atoms with van der Waals surface area (Å²) in [6.45, 7) is 4.74. The maximum Gasteiger partial charge on any atom is 0.178 e. The van der Waals surface area contributed by atoms with Crippen LogP contribution in [0, 0.1) is 0 Å². The van der Waals surface area contributed by atoms with Gasteiger partial charge in [0.2, 0.25) is 0 Å². The van der Waals surface area contributed by atoms with E-state index in [-0.39, 0.29) is 5.78 Å². The fourth-order valence-corrected chi connectivity index (χ4v) is 1.53. The lowest BCUT2D eigenvalue weighted by Crippen LogP contribution is -2.36. The first-order valence-electron chi connectivity index (χ1n) is 4.95. The molecule has 1 aliphatic rings. The van der Waals surface area contributed by atoms with Gasteiger partial charge < -0.3 is 0 Å². The second-order valence-corrected chi connectivity index (χ2v) is 3.70. The summed E-state index contributed by atoms with van der Waals surface area (Å²) < 4.78 is 0. The van der Waals surface area contributed by atoms with Crippen LogP contribution in [0.15, 0.2) is 18.2 Å². The summed E-state index contributed by atoms with van der Waals surface area (Å²) in [4.78, 5) is 17.7. The molecule has 0 spiro atoms. The van der Waals surface area contributed by atoms with Crippen LogP contribution in [-0.2, 0) is 6.54 Å². The summed E-state index contributed by atoms with van der Waals surface area (Å²) in [6, 6.07) is 5.64. The molecule has 74 valence electrons. The minimum atomic E-state index is 0.0375. The van der Waals surface area contributed by atoms with Crippen molar-refractivity contribution in [3.63, 3.8) is 0 Å². The normalized spacial score (nSPS) is 16.4. The van der Waals surface area contributed by atoms with Gasteiger partial charge in [-0.05, 0) is 31.6 Å². The number of carbonyl (C=O) groups is 1. The van der Waals surface area contributed by atoms with Crippen LogP contribution in [0.25, 0.3) is 0 Å². The van der Waals surface area contributed by atoms with Crippen LogP contribution >= 0.6 is 0 Å². The highest BCUT2D eigenvalue weighted by Gasteiger charge is 2.14. The fraction of sp³-hybridized carbons (Fsp3) is 0.455. The summed E-state index contributed by atoms with van der Waals surface area (Å²) >= 11 is 0. The van der Waals surface area contributed by atoms with E-state index in [4.69, 9.17) is 0 Å². The third-order valence-electron chi connectivity index (χ3n) is 2.50. The Morgan fingerprint density at radius 1 is 1.50 bits per heavy atom. The zero-order valence-corrected chi connectivity index (χ0v) is 8.36. The Morgan fingerprint density at radius 2 is 2.29 bits per heavy atom. The van der Waals surface area contributed by atoms with Crippen LogP contribution in [0.1, 0.15) is 29.5 Å². The Bertz CT molecular complexity index is 345. The molecule has 0 bridgehead atoms. The predicted molar refractivity (Wildman–Crippen MR) is 54.1 cm³/mol. The average molecular weight is 190 g/mol. The molecular formula is C11H14N2O. The third-order valence-corrected chi connectivity index (χ3v) is 2.50. The third kappa shape index (κ3) is 1.99. The molecule has 0 amide bonds. The van der Waals surface area contributed by atoms with Crippen molar-refractivity contribution in [1.82, 2.24) is 9.88 Å². The van der Waals surface area contributed by atoms with E-state index in [0.29, 0.717) is 5.69 Å². The highest BCUT2D eigenvalue weighted by atomic mass is 16.1. The molecule has 0 saturated carbocycles. The SMILES string of the molecule is CC(=O)c1cccc(CN2CCC2)n1. The number of carbonyl (C=O) groups excluding carboxylic acids is 1. The van der Waals surface area contributed by atoms with Crippen molar-refractivity contribution < 1.29 is 4.79 Å². The molecule has 1 fully saturated rings. The number of Topliss-reactive ketones (excluding diaryl/α,β-unsaturated/α-hetero) is 1. The lowest BCUT2D eigenvalue weighted by Gasteiger charge is -2.30. The van der Waals surface area contributed by atoms with Gasteiger partial charge in [0.25, 0.3) is 0 Å². The van der Waals surface area contributed by atoms with Gasteiger partial charge in [-0.1, -0.05) is 6.07 Å². The Morgan fingerprint density at radius 3 is 2.86 bits per heavy atom. The maximum absolute atomic E-state index is 11.1. The monoisotopic (exact) mass is 190 g/mol. The number of aromatic nitrogens is 1. The Balaban J connectivity index is 2.09. The van der Waals surface area contributed by atoms with Gasteiger partial charge in [0.1, 0.15) is 5.69 Å². The van der Waals surface area contributed by atoms with Crippen molar-refractivity contribution in [3.8, 4) is 0 Å². The number of ketones is 1. The maximum atomic E-state index is 11.1. The van der Waals surface area contributed by atoms with Gasteiger partial charge in [-0.25, -0.2) is 4.98 Å². The molecule has 0 unspecified atom stereocenters. The van der Waals surface area contributed by atoms with Crippen LogP contribution in [0.2, 0.25) is 0 Å². The van der Waals surface area contributed by atoms with Crippen molar-refractivity contribution >= 4 is 5.78 Å². The van der Waals surface area contributed by atoms with Crippen molar-refractivity contribution in [2.75, 3.05) is 13.1 Å². The van der Waals surface area contributed by atoms with Gasteiger partial charge in [-0.2, -0.15) is 0 Å². The second kappa shape index (κ2) is 3.88. The van der Waals surface area contributed by atoms with Crippen LogP contribution in [0.5, 0.6) is 0 Å². The van der Waals surface area contributed by atoms with Gasteiger partial charge in [0.15, 0.2) is 5.78 Å². The van der Waals surface area contributed by atoms with Crippen molar-refractivity contribution in [3.05, 3.63) is 29.6 Å². The molecule has 1 aromatic rings. The number of hydrogen-bond acceptors (Lipinski definition) is 3. The first kappa shape index (κ1) is 9.34. The number of hydrogen-bond donors (Lipinski definition) is 0. The molecule has 0 radical (unpaired) electrons. The summed E-state index contributed by atoms with van der Waals surface area (Å²) in [7, 11) is 0. The molecule has 0 N–H and O–H groups in total. The van der Waals surface area contributed by atoms with Crippen molar-refractivity contribution in [2.45, 2.75) is 19.9 Å². The molecule has 2 rings (SSSR count). The van der Waals surface area contributed by atoms with Gasteiger partial charge in [0, 0.05) is 13.5 Å². The Kier molecular flexibility index (Phi) is 2.59. The summed E-state index contributed by atoms with van der Waals surface area (Å²) in [5.74, 6) is 0.0375. The molecule has 0 atom stereocenters. The smallest absolute Gasteiger partial charge is 0.178 e. The van der Waals surface area contributed by atoms with E-state index >= 15 is 0 Å². The molecule has 3 heteroatoms.